The van der Waals surface area contributed by atoms with Crippen molar-refractivity contribution >= 4 is 22.7 Å². The minimum Gasteiger partial charge on any atom is -0.337 e. The van der Waals surface area contributed by atoms with Crippen molar-refractivity contribution in [2.24, 2.45) is 0 Å². The smallest absolute Gasteiger partial charge is 0.333 e. The standard InChI is InChI=1S/C15H17N3O2/c1-2-16-15(20)18-17-14(19)10-12-8-5-7-11-6-3-4-9-13(11)12/h3-9H,2,10H2,1H3,(H,17,19)(H2,16,18,20). The van der Waals surface area contributed by atoms with E-state index in [2.05, 4.69) is 16.2 Å². The summed E-state index contributed by atoms with van der Waals surface area (Å²) in [4.78, 5) is 23.0. The van der Waals surface area contributed by atoms with Gasteiger partial charge in [-0.1, -0.05) is 42.5 Å². The Morgan fingerprint density at radius 1 is 1.00 bits per heavy atom. The van der Waals surface area contributed by atoms with Crippen LogP contribution in [-0.2, 0) is 11.2 Å². The molecule has 104 valence electrons. The molecule has 20 heavy (non-hydrogen) atoms. The Bertz CT molecular complexity index is 620. The fourth-order valence-corrected chi connectivity index (χ4v) is 2.00. The van der Waals surface area contributed by atoms with Gasteiger partial charge in [0.2, 0.25) is 5.91 Å². The van der Waals surface area contributed by atoms with Gasteiger partial charge in [-0.15, -0.1) is 0 Å². The van der Waals surface area contributed by atoms with E-state index in [4.69, 9.17) is 0 Å². The van der Waals surface area contributed by atoms with E-state index in [1.807, 2.05) is 42.5 Å². The molecule has 0 aliphatic carbocycles. The van der Waals surface area contributed by atoms with Gasteiger partial charge < -0.3 is 5.32 Å². The maximum Gasteiger partial charge on any atom is 0.333 e. The number of carbonyl (C=O) groups is 2. The second kappa shape index (κ2) is 6.56. The summed E-state index contributed by atoms with van der Waals surface area (Å²) >= 11 is 0. The Labute approximate surface area is 117 Å². The third kappa shape index (κ3) is 3.47. The van der Waals surface area contributed by atoms with Crippen LogP contribution >= 0.6 is 0 Å². The Hall–Kier alpha value is -2.56. The summed E-state index contributed by atoms with van der Waals surface area (Å²) < 4.78 is 0. The quantitative estimate of drug-likeness (QED) is 0.744. The van der Waals surface area contributed by atoms with E-state index in [0.29, 0.717) is 6.54 Å². The fraction of sp³-hybridized carbons (Fsp3) is 0.200. The molecule has 0 heterocycles. The van der Waals surface area contributed by atoms with Crippen molar-refractivity contribution in [1.82, 2.24) is 16.2 Å². The molecular weight excluding hydrogens is 254 g/mol. The van der Waals surface area contributed by atoms with Gasteiger partial charge in [0.25, 0.3) is 0 Å². The highest BCUT2D eigenvalue weighted by Gasteiger charge is 2.07. The molecule has 2 aromatic rings. The molecule has 3 amide bonds. The van der Waals surface area contributed by atoms with Gasteiger partial charge in [0.1, 0.15) is 0 Å². The lowest BCUT2D eigenvalue weighted by molar-refractivity contribution is -0.121. The van der Waals surface area contributed by atoms with Crippen LogP contribution in [0.25, 0.3) is 10.8 Å². The second-order valence-electron chi connectivity index (χ2n) is 4.35. The molecule has 2 rings (SSSR count). The normalized spacial score (nSPS) is 10.1. The summed E-state index contributed by atoms with van der Waals surface area (Å²) in [7, 11) is 0. The molecule has 0 unspecified atom stereocenters. The molecule has 5 heteroatoms. The molecule has 0 aromatic heterocycles. The fourth-order valence-electron chi connectivity index (χ4n) is 2.00. The van der Waals surface area contributed by atoms with Crippen molar-refractivity contribution < 1.29 is 9.59 Å². The van der Waals surface area contributed by atoms with Gasteiger partial charge in [-0.25, -0.2) is 10.2 Å². The number of benzene rings is 2. The van der Waals surface area contributed by atoms with Crippen LogP contribution in [-0.4, -0.2) is 18.5 Å². The largest absolute Gasteiger partial charge is 0.337 e. The van der Waals surface area contributed by atoms with E-state index in [1.54, 1.807) is 6.92 Å². The summed E-state index contributed by atoms with van der Waals surface area (Å²) in [5, 5.41) is 4.67. The molecular formula is C15H17N3O2. The first-order valence-corrected chi connectivity index (χ1v) is 6.50. The van der Waals surface area contributed by atoms with Crippen LogP contribution in [0.3, 0.4) is 0 Å². The first kappa shape index (κ1) is 13.9. The van der Waals surface area contributed by atoms with Gasteiger partial charge in [0, 0.05) is 6.54 Å². The zero-order chi connectivity index (χ0) is 14.4. The molecule has 0 saturated carbocycles. The number of nitrogens with one attached hydrogen (secondary N) is 3. The molecule has 0 aliphatic rings. The summed E-state index contributed by atoms with van der Waals surface area (Å²) in [6, 6.07) is 13.3. The van der Waals surface area contributed by atoms with Crippen molar-refractivity contribution in [1.29, 1.82) is 0 Å². The molecule has 2 aromatic carbocycles. The van der Waals surface area contributed by atoms with E-state index in [-0.39, 0.29) is 12.3 Å². The van der Waals surface area contributed by atoms with Crippen LogP contribution in [0.2, 0.25) is 0 Å². The van der Waals surface area contributed by atoms with Gasteiger partial charge in [0.15, 0.2) is 0 Å². The molecule has 5 nitrogen and oxygen atoms in total. The molecule has 0 saturated heterocycles. The lowest BCUT2D eigenvalue weighted by Gasteiger charge is -2.09. The average molecular weight is 271 g/mol. The number of urea groups is 1. The van der Waals surface area contributed by atoms with Crippen molar-refractivity contribution in [2.75, 3.05) is 6.54 Å². The van der Waals surface area contributed by atoms with Crippen LogP contribution in [0.5, 0.6) is 0 Å². The zero-order valence-corrected chi connectivity index (χ0v) is 11.3. The van der Waals surface area contributed by atoms with Gasteiger partial charge in [0.05, 0.1) is 6.42 Å². The van der Waals surface area contributed by atoms with Crippen LogP contribution in [0.15, 0.2) is 42.5 Å². The second-order valence-corrected chi connectivity index (χ2v) is 4.35. The average Bonchev–Trinajstić information content (AvgIpc) is 2.46. The molecule has 0 aliphatic heterocycles. The lowest BCUT2D eigenvalue weighted by atomic mass is 10.0. The summed E-state index contributed by atoms with van der Waals surface area (Å²) in [6.45, 7) is 2.31. The summed E-state index contributed by atoms with van der Waals surface area (Å²) in [5.41, 5.74) is 5.61. The Kier molecular flexibility index (Phi) is 4.55. The predicted molar refractivity (Wildman–Crippen MR) is 78.0 cm³/mol. The Morgan fingerprint density at radius 3 is 2.55 bits per heavy atom. The first-order chi connectivity index (χ1) is 9.70. The number of rotatable bonds is 3. The predicted octanol–water partition coefficient (Wildman–Crippen LogP) is 1.73. The summed E-state index contributed by atoms with van der Waals surface area (Å²) in [5.74, 6) is -0.257. The number of fused-ring (bicyclic) bond motifs is 1. The topological polar surface area (TPSA) is 70.2 Å². The number of hydrogen-bond acceptors (Lipinski definition) is 2. The zero-order valence-electron chi connectivity index (χ0n) is 11.3. The van der Waals surface area contributed by atoms with E-state index < -0.39 is 6.03 Å². The summed E-state index contributed by atoms with van der Waals surface area (Å²) in [6.07, 6.45) is 0.216. The van der Waals surface area contributed by atoms with E-state index >= 15 is 0 Å². The maximum atomic E-state index is 11.8. The molecule has 0 fully saturated rings. The van der Waals surface area contributed by atoms with E-state index in [9.17, 15) is 9.59 Å². The molecule has 0 spiro atoms. The SMILES string of the molecule is CCNC(=O)NNC(=O)Cc1cccc2ccccc12. The third-order valence-corrected chi connectivity index (χ3v) is 2.88. The van der Waals surface area contributed by atoms with Gasteiger partial charge in [-0.05, 0) is 23.3 Å². The van der Waals surface area contributed by atoms with E-state index in [1.165, 1.54) is 0 Å². The number of amides is 3. The third-order valence-electron chi connectivity index (χ3n) is 2.88. The van der Waals surface area contributed by atoms with Gasteiger partial charge >= 0.3 is 6.03 Å². The lowest BCUT2D eigenvalue weighted by Crippen LogP contribution is -2.47. The van der Waals surface area contributed by atoms with Crippen LogP contribution in [0.4, 0.5) is 4.79 Å². The van der Waals surface area contributed by atoms with Crippen LogP contribution in [0, 0.1) is 0 Å². The Morgan fingerprint density at radius 2 is 1.75 bits per heavy atom. The number of hydrazine groups is 1. The molecule has 3 N–H and O–H groups in total. The highest BCUT2D eigenvalue weighted by molar-refractivity contribution is 5.90. The van der Waals surface area contributed by atoms with Crippen molar-refractivity contribution in [3.05, 3.63) is 48.0 Å². The molecule has 0 radical (unpaired) electrons. The van der Waals surface area contributed by atoms with Crippen LogP contribution < -0.4 is 16.2 Å². The van der Waals surface area contributed by atoms with E-state index in [0.717, 1.165) is 16.3 Å². The number of carbonyl (C=O) groups excluding carboxylic acids is 2. The highest BCUT2D eigenvalue weighted by atomic mass is 16.2. The van der Waals surface area contributed by atoms with Gasteiger partial charge in [-0.2, -0.15) is 0 Å². The minimum atomic E-state index is -0.418. The van der Waals surface area contributed by atoms with Crippen molar-refractivity contribution in [3.63, 3.8) is 0 Å². The molecule has 0 bridgehead atoms. The van der Waals surface area contributed by atoms with Crippen LogP contribution in [0.1, 0.15) is 12.5 Å². The monoisotopic (exact) mass is 271 g/mol. The minimum absolute atomic E-state index is 0.216. The number of hydrogen-bond donors (Lipinski definition) is 3. The molecule has 0 atom stereocenters. The van der Waals surface area contributed by atoms with Gasteiger partial charge in [-0.3, -0.25) is 10.2 Å². The van der Waals surface area contributed by atoms with Crippen molar-refractivity contribution in [3.8, 4) is 0 Å². The Balaban J connectivity index is 2.01. The first-order valence-electron chi connectivity index (χ1n) is 6.50. The highest BCUT2D eigenvalue weighted by Crippen LogP contribution is 2.18. The van der Waals surface area contributed by atoms with Crippen molar-refractivity contribution in [2.45, 2.75) is 13.3 Å². The maximum absolute atomic E-state index is 11.8.